The highest BCUT2D eigenvalue weighted by atomic mass is 16.3. The van der Waals surface area contributed by atoms with Gasteiger partial charge >= 0.3 is 0 Å². The first-order valence-electron chi connectivity index (χ1n) is 7.74. The highest BCUT2D eigenvalue weighted by Gasteiger charge is 2.30. The molecule has 2 aromatic rings. The van der Waals surface area contributed by atoms with Crippen LogP contribution in [-0.2, 0) is 6.42 Å². The van der Waals surface area contributed by atoms with E-state index in [1.165, 1.54) is 24.8 Å². The quantitative estimate of drug-likeness (QED) is 0.643. The fraction of sp³-hybridized carbons (Fsp3) is 0.389. The lowest BCUT2D eigenvalue weighted by Gasteiger charge is -2.22. The Hall–Kier alpha value is -1.87. The van der Waals surface area contributed by atoms with Crippen molar-refractivity contribution in [1.29, 1.82) is 0 Å². The molecule has 21 heavy (non-hydrogen) atoms. The Kier molecular flexibility index (Phi) is 3.93. The number of hydrogen-bond donors (Lipinski definition) is 1. The lowest BCUT2D eigenvalue weighted by molar-refractivity contribution is 0.181. The molecule has 1 aromatic carbocycles. The van der Waals surface area contributed by atoms with E-state index < -0.39 is 6.23 Å². The van der Waals surface area contributed by atoms with E-state index in [9.17, 15) is 5.11 Å². The summed E-state index contributed by atoms with van der Waals surface area (Å²) in [5.41, 5.74) is 4.37. The fourth-order valence-corrected chi connectivity index (χ4v) is 3.19. The van der Waals surface area contributed by atoms with E-state index in [1.807, 2.05) is 23.2 Å². The van der Waals surface area contributed by atoms with Gasteiger partial charge in [-0.2, -0.15) is 0 Å². The Morgan fingerprint density at radius 1 is 1.33 bits per heavy atom. The summed E-state index contributed by atoms with van der Waals surface area (Å²) < 4.78 is 0. The van der Waals surface area contributed by atoms with Crippen LogP contribution in [0.5, 0.6) is 0 Å². The smallest absolute Gasteiger partial charge is 0.154 e. The van der Waals surface area contributed by atoms with E-state index >= 15 is 0 Å². The second kappa shape index (κ2) is 5.86. The molecule has 2 heterocycles. The van der Waals surface area contributed by atoms with Crippen molar-refractivity contribution < 1.29 is 5.11 Å². The molecule has 1 N–H and O–H groups in total. The van der Waals surface area contributed by atoms with Gasteiger partial charge in [0.15, 0.2) is 6.23 Å². The van der Waals surface area contributed by atoms with Crippen LogP contribution in [0, 0.1) is 0 Å². The molecule has 0 bridgehead atoms. The molecule has 1 aromatic heterocycles. The average molecular weight is 282 g/mol. The van der Waals surface area contributed by atoms with Crippen LogP contribution in [0.3, 0.4) is 0 Å². The highest BCUT2D eigenvalue weighted by Crippen LogP contribution is 2.43. The third kappa shape index (κ3) is 2.32. The zero-order valence-electron chi connectivity index (χ0n) is 12.5. The number of aliphatic hydroxyl groups excluding tert-OH is 1. The summed E-state index contributed by atoms with van der Waals surface area (Å²) >= 11 is 0. The van der Waals surface area contributed by atoms with Crippen molar-refractivity contribution in [3.8, 4) is 0 Å². The number of unbranched alkanes of at least 4 members (excludes halogenated alkanes) is 2. The van der Waals surface area contributed by atoms with Crippen molar-refractivity contribution in [2.75, 3.05) is 11.4 Å². The summed E-state index contributed by atoms with van der Waals surface area (Å²) in [6.07, 6.45) is 7.79. The number of hydrogen-bond acceptors (Lipinski definition) is 3. The van der Waals surface area contributed by atoms with Gasteiger partial charge in [0.2, 0.25) is 0 Å². The van der Waals surface area contributed by atoms with E-state index in [2.05, 4.69) is 30.6 Å². The van der Waals surface area contributed by atoms with Gasteiger partial charge in [0.1, 0.15) is 0 Å². The van der Waals surface area contributed by atoms with Gasteiger partial charge in [-0.05, 0) is 24.5 Å². The molecule has 0 radical (unpaired) electrons. The minimum Gasteiger partial charge on any atom is -0.369 e. The summed E-state index contributed by atoms with van der Waals surface area (Å²) in [5, 5.41) is 11.6. The molecule has 0 saturated heterocycles. The van der Waals surface area contributed by atoms with Crippen LogP contribution in [0.1, 0.15) is 43.5 Å². The Balaban J connectivity index is 2.07. The fourth-order valence-electron chi connectivity index (χ4n) is 3.19. The summed E-state index contributed by atoms with van der Waals surface area (Å²) in [4.78, 5) is 6.56. The lowest BCUT2D eigenvalue weighted by atomic mass is 10.00. The number of anilines is 1. The minimum atomic E-state index is -0.589. The predicted octanol–water partition coefficient (Wildman–Crippen LogP) is 3.96. The average Bonchev–Trinajstić information content (AvgIpc) is 2.77. The maximum absolute atomic E-state index is 10.5. The Bertz CT molecular complexity index is 666. The number of pyridine rings is 1. The largest absolute Gasteiger partial charge is 0.369 e. The van der Waals surface area contributed by atoms with Crippen molar-refractivity contribution in [2.45, 2.75) is 38.8 Å². The predicted molar refractivity (Wildman–Crippen MR) is 87.5 cm³/mol. The van der Waals surface area contributed by atoms with E-state index in [0.29, 0.717) is 6.54 Å². The van der Waals surface area contributed by atoms with Crippen LogP contribution < -0.4 is 4.90 Å². The topological polar surface area (TPSA) is 36.4 Å². The van der Waals surface area contributed by atoms with Gasteiger partial charge in [0.05, 0.1) is 11.2 Å². The number of nitrogens with zero attached hydrogens (tertiary/aromatic N) is 2. The number of aryl methyl sites for hydroxylation is 1. The van der Waals surface area contributed by atoms with E-state index in [4.69, 9.17) is 0 Å². The monoisotopic (exact) mass is 282 g/mol. The molecular weight excluding hydrogens is 260 g/mol. The molecular formula is C18H22N2O. The van der Waals surface area contributed by atoms with Gasteiger partial charge in [0.25, 0.3) is 0 Å². The lowest BCUT2D eigenvalue weighted by Crippen LogP contribution is -2.24. The number of rotatable bonds is 6. The zero-order valence-corrected chi connectivity index (χ0v) is 12.5. The molecule has 3 rings (SSSR count). The van der Waals surface area contributed by atoms with Gasteiger partial charge in [-0.3, -0.25) is 4.98 Å². The van der Waals surface area contributed by atoms with Crippen LogP contribution >= 0.6 is 0 Å². The van der Waals surface area contributed by atoms with Crippen molar-refractivity contribution in [1.82, 2.24) is 4.98 Å². The molecule has 0 amide bonds. The van der Waals surface area contributed by atoms with Gasteiger partial charge in [-0.1, -0.05) is 38.0 Å². The number of benzene rings is 1. The van der Waals surface area contributed by atoms with Gasteiger partial charge in [-0.25, -0.2) is 0 Å². The van der Waals surface area contributed by atoms with Gasteiger partial charge < -0.3 is 10.0 Å². The summed E-state index contributed by atoms with van der Waals surface area (Å²) in [7, 11) is 0. The van der Waals surface area contributed by atoms with E-state index in [-0.39, 0.29) is 0 Å². The third-order valence-corrected chi connectivity index (χ3v) is 4.24. The van der Waals surface area contributed by atoms with Crippen LogP contribution in [0.4, 0.5) is 5.69 Å². The van der Waals surface area contributed by atoms with Gasteiger partial charge in [0, 0.05) is 23.7 Å². The van der Waals surface area contributed by atoms with E-state index in [1.54, 1.807) is 0 Å². The van der Waals surface area contributed by atoms with Crippen LogP contribution in [0.2, 0.25) is 0 Å². The Morgan fingerprint density at radius 2 is 2.19 bits per heavy atom. The molecule has 0 aliphatic carbocycles. The maximum Gasteiger partial charge on any atom is 0.154 e. The standard InChI is InChI=1S/C18H22N2O/c1-3-5-6-7-13-8-9-14-16-15(10-11-19-17(13)16)20(12-4-2)18(14)21/h4,8-11,18,21H,2-3,5-7,12H2,1H3. The van der Waals surface area contributed by atoms with Crippen molar-refractivity contribution in [3.63, 3.8) is 0 Å². The molecule has 0 fully saturated rings. The Morgan fingerprint density at radius 3 is 2.95 bits per heavy atom. The molecule has 3 heteroatoms. The number of aromatic nitrogens is 1. The van der Waals surface area contributed by atoms with E-state index in [0.717, 1.165) is 28.6 Å². The molecule has 1 aliphatic heterocycles. The van der Waals surface area contributed by atoms with Crippen molar-refractivity contribution in [3.05, 3.63) is 48.2 Å². The highest BCUT2D eigenvalue weighted by molar-refractivity contribution is 5.99. The second-order valence-corrected chi connectivity index (χ2v) is 5.64. The van der Waals surface area contributed by atoms with Crippen LogP contribution in [0.25, 0.3) is 10.9 Å². The SMILES string of the molecule is C=CCN1c2ccnc3c(CCCCC)ccc(c23)C1O. The van der Waals surface area contributed by atoms with Crippen molar-refractivity contribution >= 4 is 16.6 Å². The first-order chi connectivity index (χ1) is 10.3. The third-order valence-electron chi connectivity index (χ3n) is 4.24. The maximum atomic E-state index is 10.5. The van der Waals surface area contributed by atoms with Crippen LogP contribution in [-0.4, -0.2) is 16.6 Å². The molecule has 110 valence electrons. The summed E-state index contributed by atoms with van der Waals surface area (Å²) in [5.74, 6) is 0. The molecule has 3 nitrogen and oxygen atoms in total. The second-order valence-electron chi connectivity index (χ2n) is 5.64. The molecule has 0 saturated carbocycles. The molecule has 1 aliphatic rings. The minimum absolute atomic E-state index is 0.589. The first kappa shape index (κ1) is 14.1. The Labute approximate surface area is 125 Å². The number of aliphatic hydroxyl groups is 1. The molecule has 0 spiro atoms. The summed E-state index contributed by atoms with van der Waals surface area (Å²) in [6.45, 7) is 6.64. The first-order valence-corrected chi connectivity index (χ1v) is 7.74. The van der Waals surface area contributed by atoms with Crippen LogP contribution in [0.15, 0.2) is 37.1 Å². The van der Waals surface area contributed by atoms with Crippen molar-refractivity contribution in [2.24, 2.45) is 0 Å². The molecule has 1 atom stereocenters. The normalized spacial score (nSPS) is 16.7. The molecule has 1 unspecified atom stereocenters. The van der Waals surface area contributed by atoms with Gasteiger partial charge in [-0.15, -0.1) is 6.58 Å². The zero-order chi connectivity index (χ0) is 14.8. The summed E-state index contributed by atoms with van der Waals surface area (Å²) in [6, 6.07) is 6.18.